The number of ether oxygens (including phenoxy) is 1. The summed E-state index contributed by atoms with van der Waals surface area (Å²) in [6.07, 6.45) is 0. The minimum Gasteiger partial charge on any atom is -0.459 e. The van der Waals surface area contributed by atoms with E-state index < -0.39 is 5.97 Å². The summed E-state index contributed by atoms with van der Waals surface area (Å²) in [6, 6.07) is 10.9. The largest absolute Gasteiger partial charge is 0.459 e. The Balaban J connectivity index is 1.57. The van der Waals surface area contributed by atoms with E-state index in [4.69, 9.17) is 20.8 Å². The average molecular weight is 416 g/mol. The lowest BCUT2D eigenvalue weighted by Gasteiger charge is -2.15. The summed E-state index contributed by atoms with van der Waals surface area (Å²) in [6.45, 7) is 3.41. The number of nitrogens with zero attached hydrogens (tertiary/aromatic N) is 3. The third kappa shape index (κ3) is 4.68. The summed E-state index contributed by atoms with van der Waals surface area (Å²) in [4.78, 5) is 26.1. The molecule has 0 fully saturated rings. The maximum atomic E-state index is 12.3. The number of esters is 1. The molecule has 0 bridgehead atoms. The molecule has 0 saturated carbocycles. The highest BCUT2D eigenvalue weighted by atomic mass is 35.5. The normalized spacial score (nSPS) is 10.8. The van der Waals surface area contributed by atoms with Crippen molar-refractivity contribution in [1.29, 1.82) is 0 Å². The van der Waals surface area contributed by atoms with Crippen LogP contribution in [0.25, 0.3) is 11.3 Å². The van der Waals surface area contributed by atoms with Gasteiger partial charge in [-0.2, -0.15) is 5.10 Å². The van der Waals surface area contributed by atoms with E-state index in [1.807, 2.05) is 24.3 Å². The maximum absolute atomic E-state index is 12.3. The van der Waals surface area contributed by atoms with E-state index in [9.17, 15) is 9.59 Å². The van der Waals surface area contributed by atoms with Crippen molar-refractivity contribution in [2.75, 3.05) is 13.7 Å². The van der Waals surface area contributed by atoms with Gasteiger partial charge < -0.3 is 14.1 Å². The van der Waals surface area contributed by atoms with Gasteiger partial charge >= 0.3 is 5.97 Å². The molecule has 0 aliphatic carbocycles. The Morgan fingerprint density at radius 3 is 2.48 bits per heavy atom. The third-order valence-electron chi connectivity index (χ3n) is 4.65. The van der Waals surface area contributed by atoms with E-state index in [0.29, 0.717) is 33.5 Å². The van der Waals surface area contributed by atoms with Crippen LogP contribution in [-0.4, -0.2) is 40.2 Å². The van der Waals surface area contributed by atoms with Crippen LogP contribution in [0.1, 0.15) is 27.5 Å². The second-order valence-electron chi connectivity index (χ2n) is 6.77. The predicted molar refractivity (Wildman–Crippen MR) is 109 cm³/mol. The fraction of sp³-hybridized carbons (Fsp3) is 0.286. The van der Waals surface area contributed by atoms with Gasteiger partial charge in [0, 0.05) is 30.4 Å². The number of halogens is 1. The zero-order chi connectivity index (χ0) is 21.1. The number of aromatic nitrogens is 2. The van der Waals surface area contributed by atoms with Crippen LogP contribution in [-0.2, 0) is 23.1 Å². The molecule has 0 N–H and O–H groups in total. The Kier molecular flexibility index (Phi) is 6.08. The molecule has 2 heterocycles. The summed E-state index contributed by atoms with van der Waals surface area (Å²) < 4.78 is 12.6. The number of hydrogen-bond donors (Lipinski definition) is 0. The van der Waals surface area contributed by atoms with Gasteiger partial charge in [0.25, 0.3) is 5.91 Å². The topological polar surface area (TPSA) is 77.6 Å². The highest BCUT2D eigenvalue weighted by molar-refractivity contribution is 6.30. The molecule has 0 aliphatic heterocycles. The number of furan rings is 1. The molecule has 0 unspecified atom stereocenters. The highest BCUT2D eigenvalue weighted by Crippen LogP contribution is 2.24. The van der Waals surface area contributed by atoms with Gasteiger partial charge in [0.2, 0.25) is 0 Å². The second-order valence-corrected chi connectivity index (χ2v) is 7.20. The smallest absolute Gasteiger partial charge is 0.342 e. The highest BCUT2D eigenvalue weighted by Gasteiger charge is 2.21. The van der Waals surface area contributed by atoms with Crippen LogP contribution in [0.3, 0.4) is 0 Å². The Morgan fingerprint density at radius 2 is 1.86 bits per heavy atom. The molecule has 3 rings (SSSR count). The zero-order valence-corrected chi connectivity index (χ0v) is 17.5. The first-order chi connectivity index (χ1) is 13.8. The lowest BCUT2D eigenvalue weighted by Crippen LogP contribution is -2.30. The van der Waals surface area contributed by atoms with Gasteiger partial charge in [0.15, 0.2) is 6.61 Å². The van der Waals surface area contributed by atoms with Crippen molar-refractivity contribution in [3.63, 3.8) is 0 Å². The predicted octanol–water partition coefficient (Wildman–Crippen LogP) is 3.77. The summed E-state index contributed by atoms with van der Waals surface area (Å²) in [7, 11) is 3.38. The molecule has 1 aromatic carbocycles. The molecule has 0 aliphatic rings. The number of amides is 1. The zero-order valence-electron chi connectivity index (χ0n) is 16.7. The van der Waals surface area contributed by atoms with Gasteiger partial charge in [0.05, 0.1) is 12.2 Å². The van der Waals surface area contributed by atoms with E-state index in [1.54, 1.807) is 44.8 Å². The molecular formula is C21H22ClN3O4. The third-order valence-corrected chi connectivity index (χ3v) is 4.90. The quantitative estimate of drug-likeness (QED) is 0.573. The molecular weight excluding hydrogens is 394 g/mol. The number of rotatable bonds is 6. The Hall–Kier alpha value is -3.06. The Labute approximate surface area is 173 Å². The van der Waals surface area contributed by atoms with Crippen LogP contribution in [0.5, 0.6) is 0 Å². The van der Waals surface area contributed by atoms with Crippen LogP contribution in [0.15, 0.2) is 40.8 Å². The van der Waals surface area contributed by atoms with Gasteiger partial charge in [0.1, 0.15) is 17.1 Å². The van der Waals surface area contributed by atoms with Crippen molar-refractivity contribution >= 4 is 23.5 Å². The second kappa shape index (κ2) is 8.53. The summed E-state index contributed by atoms with van der Waals surface area (Å²) in [5, 5.41) is 4.83. The van der Waals surface area contributed by atoms with Crippen LogP contribution in [0.4, 0.5) is 0 Å². The fourth-order valence-corrected chi connectivity index (χ4v) is 3.06. The number of carbonyl (C=O) groups is 2. The number of likely N-dealkylation sites (N-methyl/N-ethyl adjacent to an activating group) is 1. The van der Waals surface area contributed by atoms with Gasteiger partial charge in [-0.25, -0.2) is 4.79 Å². The number of hydrogen-bond acceptors (Lipinski definition) is 5. The van der Waals surface area contributed by atoms with Crippen LogP contribution < -0.4 is 0 Å². The molecule has 3 aromatic rings. The van der Waals surface area contributed by atoms with E-state index in [0.717, 1.165) is 5.56 Å². The monoisotopic (exact) mass is 415 g/mol. The maximum Gasteiger partial charge on any atom is 0.342 e. The van der Waals surface area contributed by atoms with E-state index >= 15 is 0 Å². The lowest BCUT2D eigenvalue weighted by atomic mass is 10.2. The van der Waals surface area contributed by atoms with Crippen LogP contribution in [0.2, 0.25) is 5.02 Å². The van der Waals surface area contributed by atoms with Crippen molar-refractivity contribution in [2.24, 2.45) is 7.05 Å². The first kappa shape index (κ1) is 20.7. The Bertz CT molecular complexity index is 1040. The minimum absolute atomic E-state index is 0.259. The van der Waals surface area contributed by atoms with Crippen molar-refractivity contribution < 1.29 is 18.7 Å². The number of benzene rings is 1. The molecule has 0 saturated heterocycles. The SMILES string of the molecule is Cc1nn(C)c(C)c1C(=O)OCC(=O)N(C)Cc1ccc(-c2ccc(Cl)cc2)o1. The van der Waals surface area contributed by atoms with Gasteiger partial charge in [-0.05, 0) is 50.2 Å². The van der Waals surface area contributed by atoms with Crippen LogP contribution >= 0.6 is 11.6 Å². The molecule has 0 spiro atoms. The molecule has 7 nitrogen and oxygen atoms in total. The number of carbonyl (C=O) groups excluding carboxylic acids is 2. The van der Waals surface area contributed by atoms with Crippen molar-refractivity contribution in [1.82, 2.24) is 14.7 Å². The summed E-state index contributed by atoms with van der Waals surface area (Å²) in [5.74, 6) is 0.419. The molecule has 29 heavy (non-hydrogen) atoms. The van der Waals surface area contributed by atoms with Crippen molar-refractivity contribution in [2.45, 2.75) is 20.4 Å². The Morgan fingerprint density at radius 1 is 1.17 bits per heavy atom. The first-order valence-corrected chi connectivity index (χ1v) is 9.40. The van der Waals surface area contributed by atoms with E-state index in [1.165, 1.54) is 4.90 Å². The summed E-state index contributed by atoms with van der Waals surface area (Å²) in [5.41, 5.74) is 2.55. The van der Waals surface area contributed by atoms with Gasteiger partial charge in [-0.1, -0.05) is 11.6 Å². The molecule has 1 amide bonds. The van der Waals surface area contributed by atoms with Gasteiger partial charge in [-0.3, -0.25) is 9.48 Å². The molecule has 8 heteroatoms. The lowest BCUT2D eigenvalue weighted by molar-refractivity contribution is -0.133. The number of aryl methyl sites for hydroxylation is 2. The minimum atomic E-state index is -0.558. The van der Waals surface area contributed by atoms with Gasteiger partial charge in [-0.15, -0.1) is 0 Å². The fourth-order valence-electron chi connectivity index (χ4n) is 2.93. The van der Waals surface area contributed by atoms with Crippen molar-refractivity contribution in [3.05, 3.63) is 64.1 Å². The van der Waals surface area contributed by atoms with E-state index in [2.05, 4.69) is 5.10 Å². The molecule has 0 atom stereocenters. The summed E-state index contributed by atoms with van der Waals surface area (Å²) >= 11 is 5.90. The molecule has 2 aromatic heterocycles. The van der Waals surface area contributed by atoms with Crippen LogP contribution in [0, 0.1) is 13.8 Å². The standard InChI is InChI=1S/C21H22ClN3O4/c1-13-20(14(2)25(4)23-13)21(27)28-12-19(26)24(3)11-17-9-10-18(29-17)15-5-7-16(22)8-6-15/h5-10H,11-12H2,1-4H3. The van der Waals surface area contributed by atoms with Crippen molar-refractivity contribution in [3.8, 4) is 11.3 Å². The molecule has 152 valence electrons. The first-order valence-electron chi connectivity index (χ1n) is 9.02. The molecule has 0 radical (unpaired) electrons. The van der Waals surface area contributed by atoms with E-state index in [-0.39, 0.29) is 19.1 Å². The average Bonchev–Trinajstić information content (AvgIpc) is 3.24.